The summed E-state index contributed by atoms with van der Waals surface area (Å²) in [6.07, 6.45) is 2.18. The van der Waals surface area contributed by atoms with Crippen molar-refractivity contribution in [3.05, 3.63) is 24.2 Å². The lowest BCUT2D eigenvalue weighted by atomic mass is 10.3. The molecule has 1 atom stereocenters. The van der Waals surface area contributed by atoms with Gasteiger partial charge in [0.15, 0.2) is 0 Å². The quantitative estimate of drug-likeness (QED) is 0.863. The van der Waals surface area contributed by atoms with Crippen LogP contribution in [0.25, 0.3) is 0 Å². The molecule has 1 aliphatic heterocycles. The summed E-state index contributed by atoms with van der Waals surface area (Å²) < 4.78 is 5.16. The summed E-state index contributed by atoms with van der Waals surface area (Å²) in [5.74, 6) is 1.06. The molecular formula is C12H16N2O4S. The normalized spacial score (nSPS) is 19.2. The summed E-state index contributed by atoms with van der Waals surface area (Å²) in [7, 11) is 0. The molecule has 2 N–H and O–H groups in total. The number of nitrogens with zero attached hydrogens (tertiary/aromatic N) is 1. The Labute approximate surface area is 115 Å². The first-order chi connectivity index (χ1) is 9.18. The van der Waals surface area contributed by atoms with Crippen LogP contribution >= 0.6 is 11.8 Å². The monoisotopic (exact) mass is 284 g/mol. The number of carboxylic acid groups (broad SMARTS) is 1. The smallest absolute Gasteiger partial charge is 0.327 e. The van der Waals surface area contributed by atoms with Crippen LogP contribution in [0.4, 0.5) is 4.79 Å². The molecule has 0 aliphatic carbocycles. The maximum atomic E-state index is 12.0. The number of thioether (sulfide) groups is 1. The van der Waals surface area contributed by atoms with Crippen LogP contribution in [-0.2, 0) is 11.2 Å². The average Bonchev–Trinajstić information content (AvgIpc) is 2.91. The number of hydrogen-bond donors (Lipinski definition) is 2. The number of carbonyl (C=O) groups excluding carboxylic acids is 1. The molecule has 1 aromatic heterocycles. The fraction of sp³-hybridized carbons (Fsp3) is 0.500. The maximum absolute atomic E-state index is 12.0. The predicted octanol–water partition coefficient (Wildman–Crippen LogP) is 1.03. The molecule has 2 amide bonds. The van der Waals surface area contributed by atoms with Crippen LogP contribution in [0.5, 0.6) is 0 Å². The Morgan fingerprint density at radius 2 is 2.42 bits per heavy atom. The van der Waals surface area contributed by atoms with E-state index in [4.69, 9.17) is 9.52 Å². The number of hydrogen-bond acceptors (Lipinski definition) is 4. The largest absolute Gasteiger partial charge is 0.480 e. The molecule has 1 fully saturated rings. The third-order valence-corrected chi connectivity index (χ3v) is 3.92. The van der Waals surface area contributed by atoms with Gasteiger partial charge < -0.3 is 19.7 Å². The number of amides is 2. The SMILES string of the molecule is O=C(O)C1CSCCN1C(=O)NCCc1ccco1. The average molecular weight is 284 g/mol. The van der Waals surface area contributed by atoms with Crippen molar-refractivity contribution < 1.29 is 19.1 Å². The number of urea groups is 1. The van der Waals surface area contributed by atoms with E-state index in [1.54, 1.807) is 24.1 Å². The van der Waals surface area contributed by atoms with Crippen molar-refractivity contribution in [3.63, 3.8) is 0 Å². The van der Waals surface area contributed by atoms with E-state index in [1.807, 2.05) is 6.07 Å². The molecule has 0 aromatic carbocycles. The van der Waals surface area contributed by atoms with Gasteiger partial charge in [-0.25, -0.2) is 9.59 Å². The highest BCUT2D eigenvalue weighted by molar-refractivity contribution is 7.99. The zero-order valence-corrected chi connectivity index (χ0v) is 11.2. The Bertz CT molecular complexity index is 435. The minimum atomic E-state index is -0.951. The third-order valence-electron chi connectivity index (χ3n) is 2.90. The molecule has 0 spiro atoms. The molecule has 1 saturated heterocycles. The summed E-state index contributed by atoms with van der Waals surface area (Å²) >= 11 is 1.56. The van der Waals surface area contributed by atoms with Gasteiger partial charge in [-0.2, -0.15) is 11.8 Å². The van der Waals surface area contributed by atoms with E-state index in [0.717, 1.165) is 11.5 Å². The molecule has 1 aliphatic rings. The Morgan fingerprint density at radius 1 is 1.58 bits per heavy atom. The molecule has 104 valence electrons. The summed E-state index contributed by atoms with van der Waals surface area (Å²) in [5.41, 5.74) is 0. The van der Waals surface area contributed by atoms with Crippen LogP contribution in [0.3, 0.4) is 0 Å². The summed E-state index contributed by atoms with van der Waals surface area (Å²) in [6, 6.07) is 2.57. The Morgan fingerprint density at radius 3 is 3.11 bits per heavy atom. The highest BCUT2D eigenvalue weighted by Crippen LogP contribution is 2.16. The summed E-state index contributed by atoms with van der Waals surface area (Å²) in [6.45, 7) is 0.899. The van der Waals surface area contributed by atoms with Crippen LogP contribution in [0.1, 0.15) is 5.76 Å². The summed E-state index contributed by atoms with van der Waals surface area (Å²) in [5, 5.41) is 11.8. The minimum absolute atomic E-state index is 0.320. The van der Waals surface area contributed by atoms with Crippen molar-refractivity contribution in [2.45, 2.75) is 12.5 Å². The van der Waals surface area contributed by atoms with Crippen LogP contribution in [0.15, 0.2) is 22.8 Å². The van der Waals surface area contributed by atoms with Crippen molar-refractivity contribution in [2.24, 2.45) is 0 Å². The molecule has 7 heteroatoms. The Kier molecular flexibility index (Phi) is 4.73. The van der Waals surface area contributed by atoms with Crippen molar-refractivity contribution in [3.8, 4) is 0 Å². The number of rotatable bonds is 4. The molecule has 1 unspecified atom stereocenters. The second-order valence-corrected chi connectivity index (χ2v) is 5.33. The predicted molar refractivity (Wildman–Crippen MR) is 71.3 cm³/mol. The van der Waals surface area contributed by atoms with Crippen LogP contribution < -0.4 is 5.32 Å². The molecular weight excluding hydrogens is 268 g/mol. The summed E-state index contributed by atoms with van der Waals surface area (Å²) in [4.78, 5) is 24.4. The Balaban J connectivity index is 1.82. The second kappa shape index (κ2) is 6.51. The molecule has 0 radical (unpaired) electrons. The highest BCUT2D eigenvalue weighted by atomic mass is 32.2. The first-order valence-corrected chi connectivity index (χ1v) is 7.21. The first-order valence-electron chi connectivity index (χ1n) is 6.06. The number of carbonyl (C=O) groups is 2. The zero-order chi connectivity index (χ0) is 13.7. The molecule has 6 nitrogen and oxygen atoms in total. The van der Waals surface area contributed by atoms with E-state index in [0.29, 0.717) is 25.3 Å². The van der Waals surface area contributed by atoms with E-state index < -0.39 is 12.0 Å². The van der Waals surface area contributed by atoms with Crippen molar-refractivity contribution >= 4 is 23.8 Å². The third kappa shape index (κ3) is 3.66. The fourth-order valence-electron chi connectivity index (χ4n) is 1.90. The van der Waals surface area contributed by atoms with Gasteiger partial charge in [0.05, 0.1) is 6.26 Å². The maximum Gasteiger partial charge on any atom is 0.327 e. The van der Waals surface area contributed by atoms with Crippen molar-refractivity contribution in [1.29, 1.82) is 0 Å². The van der Waals surface area contributed by atoms with Gasteiger partial charge in [-0.3, -0.25) is 0 Å². The van der Waals surface area contributed by atoms with Gasteiger partial charge in [0, 0.05) is 31.0 Å². The number of nitrogens with one attached hydrogen (secondary N) is 1. The second-order valence-electron chi connectivity index (χ2n) is 4.18. The van der Waals surface area contributed by atoms with E-state index in [9.17, 15) is 9.59 Å². The molecule has 2 rings (SSSR count). The van der Waals surface area contributed by atoms with Gasteiger partial charge in [0.25, 0.3) is 0 Å². The van der Waals surface area contributed by atoms with E-state index in [-0.39, 0.29) is 6.03 Å². The van der Waals surface area contributed by atoms with Gasteiger partial charge in [0.1, 0.15) is 11.8 Å². The highest BCUT2D eigenvalue weighted by Gasteiger charge is 2.32. The van der Waals surface area contributed by atoms with Crippen molar-refractivity contribution in [1.82, 2.24) is 10.2 Å². The first kappa shape index (κ1) is 13.8. The van der Waals surface area contributed by atoms with Crippen molar-refractivity contribution in [2.75, 3.05) is 24.6 Å². The van der Waals surface area contributed by atoms with Gasteiger partial charge in [-0.1, -0.05) is 0 Å². The number of furan rings is 1. The standard InChI is InChI=1S/C12H16N2O4S/c15-11(16)10-8-19-7-5-14(10)12(17)13-4-3-9-2-1-6-18-9/h1-2,6,10H,3-5,7-8H2,(H,13,17)(H,15,16). The van der Waals surface area contributed by atoms with Crippen LogP contribution in [0.2, 0.25) is 0 Å². The van der Waals surface area contributed by atoms with Gasteiger partial charge in [-0.05, 0) is 12.1 Å². The minimum Gasteiger partial charge on any atom is -0.480 e. The number of carboxylic acids is 1. The molecule has 2 heterocycles. The van der Waals surface area contributed by atoms with E-state index in [1.165, 1.54) is 4.90 Å². The van der Waals surface area contributed by atoms with Gasteiger partial charge in [0.2, 0.25) is 0 Å². The van der Waals surface area contributed by atoms with E-state index >= 15 is 0 Å². The molecule has 0 saturated carbocycles. The molecule has 0 bridgehead atoms. The lowest BCUT2D eigenvalue weighted by Crippen LogP contribution is -2.54. The lowest BCUT2D eigenvalue weighted by molar-refractivity contribution is -0.141. The Hall–Kier alpha value is -1.63. The van der Waals surface area contributed by atoms with Crippen LogP contribution in [-0.4, -0.2) is 52.6 Å². The zero-order valence-electron chi connectivity index (χ0n) is 10.4. The molecule has 1 aromatic rings. The molecule has 19 heavy (non-hydrogen) atoms. The lowest BCUT2D eigenvalue weighted by Gasteiger charge is -2.32. The van der Waals surface area contributed by atoms with Gasteiger partial charge in [-0.15, -0.1) is 0 Å². The fourth-order valence-corrected chi connectivity index (χ4v) is 2.94. The van der Waals surface area contributed by atoms with Gasteiger partial charge >= 0.3 is 12.0 Å². The number of aliphatic carboxylic acids is 1. The topological polar surface area (TPSA) is 82.8 Å². The van der Waals surface area contributed by atoms with E-state index in [2.05, 4.69) is 5.32 Å². The van der Waals surface area contributed by atoms with Crippen LogP contribution in [0, 0.1) is 0 Å².